The predicted molar refractivity (Wildman–Crippen MR) is 105 cm³/mol. The summed E-state index contributed by atoms with van der Waals surface area (Å²) in [7, 11) is 0. The van der Waals surface area contributed by atoms with Gasteiger partial charge in [-0.15, -0.1) is 0 Å². The number of nitrogens with zero attached hydrogens (tertiary/aromatic N) is 4. The Hall–Kier alpha value is -3.22. The molecule has 0 atom stereocenters. The van der Waals surface area contributed by atoms with E-state index in [9.17, 15) is 4.79 Å². The van der Waals surface area contributed by atoms with Crippen LogP contribution in [-0.4, -0.2) is 32.0 Å². The molecule has 0 bridgehead atoms. The average molecular weight is 364 g/mol. The maximum absolute atomic E-state index is 12.3. The monoisotopic (exact) mass is 364 g/mol. The molecule has 140 valence electrons. The minimum absolute atomic E-state index is 0.126. The number of rotatable bonds is 7. The summed E-state index contributed by atoms with van der Waals surface area (Å²) in [6.45, 7) is 5.67. The molecule has 3 heterocycles. The highest BCUT2D eigenvalue weighted by Gasteiger charge is 2.09. The van der Waals surface area contributed by atoms with Crippen molar-refractivity contribution in [2.75, 3.05) is 12.3 Å². The number of carbonyl (C=O) groups excluding carboxylic acids is 1. The quantitative estimate of drug-likeness (QED) is 0.628. The molecule has 3 N–H and O–H groups in total. The standard InChI is InChI=1S/C20H24N6O/c1-14(2)19-22-9-11-26(19)10-3-8-23-20(27)16-4-6-17(24-13-16)15-5-7-18(21)25-12-15/h4-7,9,11-14H,3,8,10H2,1-2H3,(H2,21,25)(H,23,27). The van der Waals surface area contributed by atoms with Crippen molar-refractivity contribution in [3.8, 4) is 11.3 Å². The second-order valence-electron chi connectivity index (χ2n) is 6.65. The maximum Gasteiger partial charge on any atom is 0.252 e. The zero-order chi connectivity index (χ0) is 19.2. The summed E-state index contributed by atoms with van der Waals surface area (Å²) >= 11 is 0. The lowest BCUT2D eigenvalue weighted by molar-refractivity contribution is 0.0952. The van der Waals surface area contributed by atoms with Gasteiger partial charge in [0, 0.05) is 49.4 Å². The number of aryl methyl sites for hydroxylation is 1. The van der Waals surface area contributed by atoms with Crippen molar-refractivity contribution in [1.29, 1.82) is 0 Å². The molecule has 0 unspecified atom stereocenters. The minimum atomic E-state index is -0.126. The van der Waals surface area contributed by atoms with E-state index in [1.165, 1.54) is 0 Å². The SMILES string of the molecule is CC(C)c1nccn1CCCNC(=O)c1ccc(-c2ccc(N)nc2)nc1. The normalized spacial score (nSPS) is 10.9. The molecule has 1 amide bonds. The largest absolute Gasteiger partial charge is 0.384 e. The lowest BCUT2D eigenvalue weighted by atomic mass is 10.1. The Morgan fingerprint density at radius 3 is 2.67 bits per heavy atom. The van der Waals surface area contributed by atoms with Crippen LogP contribution in [0.2, 0.25) is 0 Å². The Kier molecular flexibility index (Phi) is 5.80. The van der Waals surface area contributed by atoms with Gasteiger partial charge in [-0.1, -0.05) is 13.8 Å². The number of carbonyl (C=O) groups is 1. The number of anilines is 1. The highest BCUT2D eigenvalue weighted by atomic mass is 16.1. The van der Waals surface area contributed by atoms with Gasteiger partial charge in [0.2, 0.25) is 0 Å². The summed E-state index contributed by atoms with van der Waals surface area (Å²) in [6, 6.07) is 7.15. The van der Waals surface area contributed by atoms with Crippen molar-refractivity contribution >= 4 is 11.7 Å². The van der Waals surface area contributed by atoms with Crippen molar-refractivity contribution in [2.24, 2.45) is 0 Å². The lowest BCUT2D eigenvalue weighted by Gasteiger charge is -2.11. The summed E-state index contributed by atoms with van der Waals surface area (Å²) in [5.41, 5.74) is 7.73. The second kappa shape index (κ2) is 8.44. The number of aromatic nitrogens is 4. The molecule has 0 aliphatic heterocycles. The first kappa shape index (κ1) is 18.6. The van der Waals surface area contributed by atoms with Gasteiger partial charge in [0.1, 0.15) is 11.6 Å². The number of hydrogen-bond donors (Lipinski definition) is 2. The number of nitrogens with two attached hydrogens (primary N) is 1. The van der Waals surface area contributed by atoms with E-state index in [4.69, 9.17) is 5.73 Å². The van der Waals surface area contributed by atoms with Gasteiger partial charge < -0.3 is 15.6 Å². The van der Waals surface area contributed by atoms with E-state index in [2.05, 4.69) is 38.7 Å². The zero-order valence-electron chi connectivity index (χ0n) is 15.6. The van der Waals surface area contributed by atoms with Crippen LogP contribution in [0.4, 0.5) is 5.82 Å². The van der Waals surface area contributed by atoms with Crippen molar-refractivity contribution in [3.63, 3.8) is 0 Å². The molecule has 0 aliphatic rings. The highest BCUT2D eigenvalue weighted by molar-refractivity contribution is 5.94. The Labute approximate surface area is 158 Å². The Balaban J connectivity index is 1.51. The molecule has 0 aliphatic carbocycles. The van der Waals surface area contributed by atoms with E-state index >= 15 is 0 Å². The summed E-state index contributed by atoms with van der Waals surface area (Å²) in [6.07, 6.45) is 7.88. The van der Waals surface area contributed by atoms with E-state index in [0.29, 0.717) is 23.8 Å². The lowest BCUT2D eigenvalue weighted by Crippen LogP contribution is -2.25. The van der Waals surface area contributed by atoms with Gasteiger partial charge in [-0.25, -0.2) is 9.97 Å². The summed E-state index contributed by atoms with van der Waals surface area (Å²) in [5, 5.41) is 2.94. The highest BCUT2D eigenvalue weighted by Crippen LogP contribution is 2.16. The van der Waals surface area contributed by atoms with Crippen LogP contribution in [0, 0.1) is 0 Å². The molecular formula is C20H24N6O. The zero-order valence-corrected chi connectivity index (χ0v) is 15.6. The minimum Gasteiger partial charge on any atom is -0.384 e. The fraction of sp³-hybridized carbons (Fsp3) is 0.300. The van der Waals surface area contributed by atoms with Crippen LogP contribution in [0.15, 0.2) is 49.1 Å². The number of hydrogen-bond acceptors (Lipinski definition) is 5. The molecule has 3 aromatic heterocycles. The maximum atomic E-state index is 12.3. The first-order valence-electron chi connectivity index (χ1n) is 9.02. The number of pyridine rings is 2. The Morgan fingerprint density at radius 2 is 2.00 bits per heavy atom. The summed E-state index contributed by atoms with van der Waals surface area (Å²) in [5.74, 6) is 1.79. The van der Waals surface area contributed by atoms with Crippen molar-refractivity contribution in [1.82, 2.24) is 24.8 Å². The molecule has 0 aromatic carbocycles. The third kappa shape index (κ3) is 4.69. The molecule has 7 nitrogen and oxygen atoms in total. The van der Waals surface area contributed by atoms with E-state index < -0.39 is 0 Å². The van der Waals surface area contributed by atoms with Crippen LogP contribution in [0.5, 0.6) is 0 Å². The second-order valence-corrected chi connectivity index (χ2v) is 6.65. The fourth-order valence-corrected chi connectivity index (χ4v) is 2.82. The third-order valence-electron chi connectivity index (χ3n) is 4.23. The van der Waals surface area contributed by atoms with Gasteiger partial charge in [0.05, 0.1) is 11.3 Å². The first-order valence-corrected chi connectivity index (χ1v) is 9.02. The van der Waals surface area contributed by atoms with Crippen molar-refractivity contribution in [3.05, 3.63) is 60.4 Å². The third-order valence-corrected chi connectivity index (χ3v) is 4.23. The topological polar surface area (TPSA) is 98.7 Å². The summed E-state index contributed by atoms with van der Waals surface area (Å²) in [4.78, 5) is 25.0. The van der Waals surface area contributed by atoms with Crippen LogP contribution in [-0.2, 0) is 6.54 Å². The molecule has 0 radical (unpaired) electrons. The summed E-state index contributed by atoms with van der Waals surface area (Å²) < 4.78 is 2.13. The molecular weight excluding hydrogens is 340 g/mol. The number of nitrogen functional groups attached to an aromatic ring is 1. The van der Waals surface area contributed by atoms with E-state index in [0.717, 1.165) is 30.0 Å². The van der Waals surface area contributed by atoms with E-state index in [1.54, 1.807) is 24.5 Å². The van der Waals surface area contributed by atoms with E-state index in [1.807, 2.05) is 24.5 Å². The van der Waals surface area contributed by atoms with Gasteiger partial charge in [-0.3, -0.25) is 9.78 Å². The molecule has 0 saturated carbocycles. The van der Waals surface area contributed by atoms with Crippen molar-refractivity contribution < 1.29 is 4.79 Å². The number of imidazole rings is 1. The molecule has 0 spiro atoms. The van der Waals surface area contributed by atoms with Crippen LogP contribution in [0.1, 0.15) is 42.4 Å². The van der Waals surface area contributed by atoms with Gasteiger partial charge in [0.15, 0.2) is 0 Å². The Bertz CT molecular complexity index is 884. The fourth-order valence-electron chi connectivity index (χ4n) is 2.82. The van der Waals surface area contributed by atoms with E-state index in [-0.39, 0.29) is 5.91 Å². The van der Waals surface area contributed by atoms with Crippen LogP contribution in [0.3, 0.4) is 0 Å². The van der Waals surface area contributed by atoms with Gasteiger partial charge in [-0.2, -0.15) is 0 Å². The van der Waals surface area contributed by atoms with Gasteiger partial charge in [0.25, 0.3) is 5.91 Å². The van der Waals surface area contributed by atoms with Crippen LogP contribution < -0.4 is 11.1 Å². The first-order chi connectivity index (χ1) is 13.0. The molecule has 7 heteroatoms. The van der Waals surface area contributed by atoms with Crippen molar-refractivity contribution in [2.45, 2.75) is 32.7 Å². The van der Waals surface area contributed by atoms with Gasteiger partial charge >= 0.3 is 0 Å². The molecule has 3 rings (SSSR count). The van der Waals surface area contributed by atoms with Crippen LogP contribution in [0.25, 0.3) is 11.3 Å². The average Bonchev–Trinajstić information content (AvgIpc) is 3.15. The molecule has 0 saturated heterocycles. The smallest absolute Gasteiger partial charge is 0.252 e. The molecule has 27 heavy (non-hydrogen) atoms. The number of nitrogens with one attached hydrogen (secondary N) is 1. The molecule has 0 fully saturated rings. The number of amides is 1. The molecule has 3 aromatic rings. The predicted octanol–water partition coefficient (Wildman–Crippen LogP) is 2.87. The van der Waals surface area contributed by atoms with Crippen LogP contribution >= 0.6 is 0 Å². The Morgan fingerprint density at radius 1 is 1.15 bits per heavy atom. The van der Waals surface area contributed by atoms with Gasteiger partial charge in [-0.05, 0) is 30.7 Å².